The lowest BCUT2D eigenvalue weighted by atomic mass is 10.2. The number of allylic oxidation sites excluding steroid dienone is 1. The molecule has 1 N–H and O–H groups in total. The van der Waals surface area contributed by atoms with Crippen molar-refractivity contribution in [3.05, 3.63) is 48.4 Å². The molecule has 0 saturated carbocycles. The van der Waals surface area contributed by atoms with Gasteiger partial charge >= 0.3 is 0 Å². The van der Waals surface area contributed by atoms with Gasteiger partial charge in [-0.15, -0.1) is 0 Å². The van der Waals surface area contributed by atoms with Gasteiger partial charge in [0, 0.05) is 30.9 Å². The van der Waals surface area contributed by atoms with Crippen LogP contribution in [0.2, 0.25) is 0 Å². The molecule has 2 aromatic rings. The van der Waals surface area contributed by atoms with E-state index in [9.17, 15) is 0 Å². The average molecular weight is 327 g/mol. The molecule has 0 bridgehead atoms. The number of nitrogens with zero attached hydrogens (tertiary/aromatic N) is 2. The highest BCUT2D eigenvalue weighted by Crippen LogP contribution is 2.35. The Balaban J connectivity index is 2.21. The molecule has 0 spiro atoms. The maximum Gasteiger partial charge on any atom is 0.162 e. The predicted molar refractivity (Wildman–Crippen MR) is 96.2 cm³/mol. The third kappa shape index (κ3) is 4.04. The van der Waals surface area contributed by atoms with E-state index >= 15 is 0 Å². The molecule has 0 radical (unpaired) electrons. The Morgan fingerprint density at radius 3 is 2.67 bits per heavy atom. The fourth-order valence-corrected chi connectivity index (χ4v) is 2.18. The lowest BCUT2D eigenvalue weighted by molar-refractivity contribution is 0.354. The van der Waals surface area contributed by atoms with Gasteiger partial charge < -0.3 is 19.5 Å². The van der Waals surface area contributed by atoms with Gasteiger partial charge in [0.05, 0.1) is 25.4 Å². The summed E-state index contributed by atoms with van der Waals surface area (Å²) in [6.45, 7) is 3.83. The fourth-order valence-electron chi connectivity index (χ4n) is 2.18. The Morgan fingerprint density at radius 2 is 2.00 bits per heavy atom. The molecule has 24 heavy (non-hydrogen) atoms. The molecule has 0 unspecified atom stereocenters. The lowest BCUT2D eigenvalue weighted by Gasteiger charge is -2.11. The van der Waals surface area contributed by atoms with Gasteiger partial charge in [-0.1, -0.05) is 0 Å². The first-order chi connectivity index (χ1) is 11.7. The van der Waals surface area contributed by atoms with Crippen LogP contribution in [0.1, 0.15) is 0 Å². The zero-order valence-corrected chi connectivity index (χ0v) is 14.1. The van der Waals surface area contributed by atoms with Crippen molar-refractivity contribution < 1.29 is 14.2 Å². The summed E-state index contributed by atoms with van der Waals surface area (Å²) in [7, 11) is 5.01. The molecule has 0 aliphatic rings. The second-order valence-corrected chi connectivity index (χ2v) is 4.76. The molecule has 0 saturated heterocycles. The van der Waals surface area contributed by atoms with Crippen LogP contribution in [-0.4, -0.2) is 39.6 Å². The first-order valence-corrected chi connectivity index (χ1v) is 7.37. The van der Waals surface area contributed by atoms with E-state index in [1.165, 1.54) is 0 Å². The van der Waals surface area contributed by atoms with Crippen LogP contribution in [0.3, 0.4) is 0 Å². The molecule has 126 valence electrons. The normalized spacial score (nSPS) is 11.5. The van der Waals surface area contributed by atoms with Crippen molar-refractivity contribution in [1.29, 1.82) is 0 Å². The number of pyridine rings is 1. The molecule has 1 heterocycles. The number of ether oxygens (including phenoxy) is 3. The second-order valence-electron chi connectivity index (χ2n) is 4.76. The molecule has 0 fully saturated rings. The molecule has 0 amide bonds. The quantitative estimate of drug-likeness (QED) is 0.596. The standard InChI is InChI=1S/C18H21N3O3/c1-19-12-13(20-2)6-5-9-24-16-7-8-21-15-11-18(23-4)17(22-3)10-14(15)16/h5-8,10-12,20H,1,9H2,2-4H3/b6-5-,13-12+. The van der Waals surface area contributed by atoms with Crippen LogP contribution in [0.15, 0.2) is 53.4 Å². The van der Waals surface area contributed by atoms with Crippen LogP contribution in [0.4, 0.5) is 0 Å². The number of aromatic nitrogens is 1. The smallest absolute Gasteiger partial charge is 0.162 e. The minimum absolute atomic E-state index is 0.406. The van der Waals surface area contributed by atoms with Gasteiger partial charge in [-0.2, -0.15) is 0 Å². The Kier molecular flexibility index (Phi) is 6.19. The molecule has 2 rings (SSSR count). The van der Waals surface area contributed by atoms with Crippen molar-refractivity contribution in [2.24, 2.45) is 4.99 Å². The molecule has 6 heteroatoms. The van der Waals surface area contributed by atoms with E-state index in [-0.39, 0.29) is 0 Å². The molecular formula is C18H21N3O3. The molecule has 0 aliphatic heterocycles. The topological polar surface area (TPSA) is 65.0 Å². The van der Waals surface area contributed by atoms with Gasteiger partial charge in [0.2, 0.25) is 0 Å². The van der Waals surface area contributed by atoms with E-state index < -0.39 is 0 Å². The van der Waals surface area contributed by atoms with Crippen molar-refractivity contribution >= 4 is 17.6 Å². The van der Waals surface area contributed by atoms with Gasteiger partial charge in [-0.3, -0.25) is 9.98 Å². The monoisotopic (exact) mass is 327 g/mol. The first kappa shape index (κ1) is 17.3. The maximum atomic E-state index is 5.84. The second kappa shape index (κ2) is 8.57. The number of hydrogen-bond acceptors (Lipinski definition) is 6. The Labute approximate surface area is 141 Å². The van der Waals surface area contributed by atoms with Gasteiger partial charge in [-0.05, 0) is 31.0 Å². The van der Waals surface area contributed by atoms with E-state index in [0.717, 1.165) is 22.3 Å². The number of rotatable bonds is 8. The summed E-state index contributed by atoms with van der Waals surface area (Å²) in [5, 5.41) is 3.87. The SMILES string of the molecule is C=N/C=C(\C=C/COc1ccnc2cc(OC)c(OC)cc12)NC. The fraction of sp³-hybridized carbons (Fsp3) is 0.222. The number of benzene rings is 1. The van der Waals surface area contributed by atoms with Gasteiger partial charge in [0.25, 0.3) is 0 Å². The third-order valence-corrected chi connectivity index (χ3v) is 3.36. The molecule has 1 aromatic heterocycles. The summed E-state index contributed by atoms with van der Waals surface area (Å²) >= 11 is 0. The van der Waals surface area contributed by atoms with E-state index in [1.807, 2.05) is 37.4 Å². The van der Waals surface area contributed by atoms with Gasteiger partial charge in [-0.25, -0.2) is 0 Å². The predicted octanol–water partition coefficient (Wildman–Crippen LogP) is 2.95. The largest absolute Gasteiger partial charge is 0.493 e. The number of aliphatic imine (C=N–C) groups is 1. The van der Waals surface area contributed by atoms with E-state index in [4.69, 9.17) is 14.2 Å². The highest BCUT2D eigenvalue weighted by Gasteiger charge is 2.10. The molecule has 1 aromatic carbocycles. The van der Waals surface area contributed by atoms with Crippen molar-refractivity contribution in [1.82, 2.24) is 10.3 Å². The summed E-state index contributed by atoms with van der Waals surface area (Å²) in [5.41, 5.74) is 1.63. The van der Waals surface area contributed by atoms with Gasteiger partial charge in [0.1, 0.15) is 12.4 Å². The Hall–Kier alpha value is -3.02. The number of nitrogens with one attached hydrogen (secondary N) is 1. The van der Waals surface area contributed by atoms with Crippen LogP contribution >= 0.6 is 0 Å². The lowest BCUT2D eigenvalue weighted by Crippen LogP contribution is -2.03. The summed E-state index contributed by atoms with van der Waals surface area (Å²) in [6, 6.07) is 5.51. The van der Waals surface area contributed by atoms with E-state index in [0.29, 0.717) is 18.1 Å². The van der Waals surface area contributed by atoms with Crippen LogP contribution in [-0.2, 0) is 0 Å². The Morgan fingerprint density at radius 1 is 1.25 bits per heavy atom. The summed E-state index contributed by atoms with van der Waals surface area (Å²) in [5.74, 6) is 1.99. The van der Waals surface area contributed by atoms with Crippen molar-refractivity contribution in [2.75, 3.05) is 27.9 Å². The van der Waals surface area contributed by atoms with Crippen LogP contribution in [0.25, 0.3) is 10.9 Å². The van der Waals surface area contributed by atoms with Crippen molar-refractivity contribution in [2.45, 2.75) is 0 Å². The average Bonchev–Trinajstić information content (AvgIpc) is 2.62. The number of fused-ring (bicyclic) bond motifs is 1. The van der Waals surface area contributed by atoms with Crippen LogP contribution in [0.5, 0.6) is 17.2 Å². The maximum absolute atomic E-state index is 5.84. The summed E-state index contributed by atoms with van der Waals surface area (Å²) in [4.78, 5) is 8.07. The summed E-state index contributed by atoms with van der Waals surface area (Å²) in [6.07, 6.45) is 7.10. The van der Waals surface area contributed by atoms with E-state index in [1.54, 1.807) is 26.6 Å². The zero-order chi connectivity index (χ0) is 17.4. The third-order valence-electron chi connectivity index (χ3n) is 3.36. The van der Waals surface area contributed by atoms with Gasteiger partial charge in [0.15, 0.2) is 11.5 Å². The van der Waals surface area contributed by atoms with Crippen LogP contribution in [0, 0.1) is 0 Å². The first-order valence-electron chi connectivity index (χ1n) is 7.37. The molecule has 0 aliphatic carbocycles. The van der Waals surface area contributed by atoms with E-state index in [2.05, 4.69) is 22.0 Å². The van der Waals surface area contributed by atoms with Crippen molar-refractivity contribution in [3.63, 3.8) is 0 Å². The molecule has 0 atom stereocenters. The zero-order valence-electron chi connectivity index (χ0n) is 14.1. The molecular weight excluding hydrogens is 306 g/mol. The number of methoxy groups -OCH3 is 2. The minimum Gasteiger partial charge on any atom is -0.493 e. The molecule has 6 nitrogen and oxygen atoms in total. The number of hydrogen-bond donors (Lipinski definition) is 1. The highest BCUT2D eigenvalue weighted by atomic mass is 16.5. The van der Waals surface area contributed by atoms with Crippen molar-refractivity contribution in [3.8, 4) is 17.2 Å². The minimum atomic E-state index is 0.406. The number of likely N-dealkylation sites (N-methyl/N-ethyl adjacent to an activating group) is 1. The summed E-state index contributed by atoms with van der Waals surface area (Å²) < 4.78 is 16.5. The van der Waals surface area contributed by atoms with Crippen LogP contribution < -0.4 is 19.5 Å². The highest BCUT2D eigenvalue weighted by molar-refractivity contribution is 5.88. The Bertz CT molecular complexity index is 769.